The summed E-state index contributed by atoms with van der Waals surface area (Å²) in [4.78, 5) is 29.7. The molecule has 1 aromatic heterocycles. The fourth-order valence-electron chi connectivity index (χ4n) is 2.04. The number of amides is 2. The Balaban J connectivity index is 2.44. The van der Waals surface area contributed by atoms with Crippen molar-refractivity contribution in [1.82, 2.24) is 4.98 Å². The highest BCUT2D eigenvalue weighted by atomic mass is 32.2. The van der Waals surface area contributed by atoms with E-state index in [1.54, 1.807) is 30.1 Å². The lowest BCUT2D eigenvalue weighted by Crippen LogP contribution is -2.30. The first-order valence-corrected chi connectivity index (χ1v) is 9.79. The second-order valence-electron chi connectivity index (χ2n) is 5.71. The molecule has 8 heteroatoms. The van der Waals surface area contributed by atoms with Crippen molar-refractivity contribution in [2.45, 2.75) is 24.5 Å². The van der Waals surface area contributed by atoms with Crippen molar-refractivity contribution in [3.63, 3.8) is 0 Å². The number of nitrogens with zero attached hydrogens (tertiary/aromatic N) is 2. The van der Waals surface area contributed by atoms with Crippen LogP contribution in [0.3, 0.4) is 0 Å². The Morgan fingerprint density at radius 1 is 1.36 bits per heavy atom. The minimum absolute atomic E-state index is 0.339. The van der Waals surface area contributed by atoms with E-state index in [1.165, 1.54) is 16.2 Å². The molecule has 0 radical (unpaired) electrons. The van der Waals surface area contributed by atoms with E-state index in [0.717, 1.165) is 4.21 Å². The van der Waals surface area contributed by atoms with Gasteiger partial charge in [-0.2, -0.15) is 0 Å². The van der Waals surface area contributed by atoms with Crippen molar-refractivity contribution in [3.05, 3.63) is 30.5 Å². The lowest BCUT2D eigenvalue weighted by molar-refractivity contribution is -0.125. The van der Waals surface area contributed by atoms with E-state index < -0.39 is 18.2 Å². The second-order valence-corrected chi connectivity index (χ2v) is 7.83. The number of hydrogen-bond acceptors (Lipinski definition) is 6. The van der Waals surface area contributed by atoms with Crippen LogP contribution in [0.2, 0.25) is 0 Å². The maximum Gasteiger partial charge on any atom is 0.242 e. The van der Waals surface area contributed by atoms with Crippen LogP contribution in [0.25, 0.3) is 0 Å². The fraction of sp³-hybridized carbons (Fsp3) is 0.353. The minimum Gasteiger partial charge on any atom is -0.491 e. The Morgan fingerprint density at radius 3 is 2.68 bits per heavy atom. The number of hydrogen-bond donors (Lipinski definition) is 1. The van der Waals surface area contributed by atoms with Crippen LogP contribution in [0, 0.1) is 5.92 Å². The minimum atomic E-state index is -0.683. The standard InChI is InChI=1S/C17H21N3O3S2/c1-11(2)10-23-13-7-5-4-6-12(13)20(15(22)8-14(18)21)17-19-9-16(24-3)25-17/h4-7,9,11H,8,10H2,1-3H3,(H2,18,21). The summed E-state index contributed by atoms with van der Waals surface area (Å²) in [7, 11) is 0. The molecule has 0 spiro atoms. The predicted octanol–water partition coefficient (Wildman–Crippen LogP) is 3.44. The van der Waals surface area contributed by atoms with Crippen LogP contribution in [0.4, 0.5) is 10.8 Å². The molecule has 0 atom stereocenters. The maximum atomic E-state index is 12.7. The highest BCUT2D eigenvalue weighted by Crippen LogP contribution is 2.38. The molecule has 0 aliphatic rings. The fourth-order valence-corrected chi connectivity index (χ4v) is 3.44. The van der Waals surface area contributed by atoms with Crippen molar-refractivity contribution in [2.75, 3.05) is 17.8 Å². The topological polar surface area (TPSA) is 85.5 Å². The van der Waals surface area contributed by atoms with Crippen molar-refractivity contribution >= 4 is 45.7 Å². The van der Waals surface area contributed by atoms with Crippen molar-refractivity contribution in [3.8, 4) is 5.75 Å². The monoisotopic (exact) mass is 379 g/mol. The Morgan fingerprint density at radius 2 is 2.08 bits per heavy atom. The third-order valence-electron chi connectivity index (χ3n) is 3.12. The SMILES string of the molecule is CSc1cnc(N(C(=O)CC(N)=O)c2ccccc2OCC(C)C)s1. The zero-order chi connectivity index (χ0) is 18.4. The first-order valence-electron chi connectivity index (χ1n) is 7.75. The molecular formula is C17H21N3O3S2. The number of ether oxygens (including phenoxy) is 1. The van der Waals surface area contributed by atoms with Gasteiger partial charge < -0.3 is 10.5 Å². The van der Waals surface area contributed by atoms with E-state index in [4.69, 9.17) is 10.5 Å². The van der Waals surface area contributed by atoms with Gasteiger partial charge in [0.15, 0.2) is 5.13 Å². The maximum absolute atomic E-state index is 12.7. The number of carbonyl (C=O) groups is 2. The quantitative estimate of drug-likeness (QED) is 0.561. The number of carbonyl (C=O) groups excluding carboxylic acids is 2. The molecule has 0 saturated carbocycles. The second kappa shape index (κ2) is 8.87. The van der Waals surface area contributed by atoms with Gasteiger partial charge in [0.25, 0.3) is 0 Å². The van der Waals surface area contributed by atoms with Gasteiger partial charge in [-0.05, 0) is 24.3 Å². The predicted molar refractivity (Wildman–Crippen MR) is 102 cm³/mol. The molecule has 0 aliphatic carbocycles. The molecule has 0 aliphatic heterocycles. The third kappa shape index (κ3) is 5.20. The zero-order valence-electron chi connectivity index (χ0n) is 14.4. The largest absolute Gasteiger partial charge is 0.491 e. The van der Waals surface area contributed by atoms with Crippen LogP contribution in [-0.4, -0.2) is 29.7 Å². The smallest absolute Gasteiger partial charge is 0.242 e. The first-order chi connectivity index (χ1) is 11.9. The summed E-state index contributed by atoms with van der Waals surface area (Å²) in [6, 6.07) is 7.22. The Labute approximate surface area is 155 Å². The zero-order valence-corrected chi connectivity index (χ0v) is 16.0. The number of primary amides is 1. The van der Waals surface area contributed by atoms with Crippen LogP contribution in [0.1, 0.15) is 20.3 Å². The van der Waals surface area contributed by atoms with Crippen LogP contribution in [0.15, 0.2) is 34.7 Å². The molecule has 1 heterocycles. The molecule has 134 valence electrons. The van der Waals surface area contributed by atoms with Crippen LogP contribution in [-0.2, 0) is 9.59 Å². The van der Waals surface area contributed by atoms with Gasteiger partial charge in [0, 0.05) is 0 Å². The highest BCUT2D eigenvalue weighted by molar-refractivity contribution is 8.00. The van der Waals surface area contributed by atoms with Gasteiger partial charge in [-0.1, -0.05) is 37.3 Å². The van der Waals surface area contributed by atoms with Gasteiger partial charge in [-0.15, -0.1) is 11.8 Å². The Kier molecular flexibility index (Phi) is 6.83. The van der Waals surface area contributed by atoms with Gasteiger partial charge in [0.2, 0.25) is 11.8 Å². The van der Waals surface area contributed by atoms with E-state index in [9.17, 15) is 9.59 Å². The summed E-state index contributed by atoms with van der Waals surface area (Å²) < 4.78 is 6.82. The van der Waals surface area contributed by atoms with Crippen LogP contribution >= 0.6 is 23.1 Å². The molecule has 1 aromatic carbocycles. The lowest BCUT2D eigenvalue weighted by atomic mass is 10.2. The number of rotatable bonds is 8. The normalized spacial score (nSPS) is 10.7. The number of nitrogens with two attached hydrogens (primary N) is 1. The van der Waals surface area contributed by atoms with E-state index >= 15 is 0 Å². The molecular weight excluding hydrogens is 358 g/mol. The number of thioether (sulfide) groups is 1. The molecule has 0 fully saturated rings. The molecule has 0 unspecified atom stereocenters. The first kappa shape index (κ1) is 19.3. The molecule has 2 amide bonds. The summed E-state index contributed by atoms with van der Waals surface area (Å²) in [5, 5.41) is 0.483. The van der Waals surface area contributed by atoms with Gasteiger partial charge in [-0.25, -0.2) is 4.98 Å². The van der Waals surface area contributed by atoms with Crippen LogP contribution in [0.5, 0.6) is 5.75 Å². The molecule has 2 N–H and O–H groups in total. The molecule has 6 nitrogen and oxygen atoms in total. The third-order valence-corrected chi connectivity index (χ3v) is 5.15. The van der Waals surface area contributed by atoms with Gasteiger partial charge in [0.05, 0.1) is 22.7 Å². The highest BCUT2D eigenvalue weighted by Gasteiger charge is 2.25. The molecule has 2 rings (SSSR count). The van der Waals surface area contributed by atoms with E-state index in [0.29, 0.717) is 29.1 Å². The van der Waals surface area contributed by atoms with E-state index in [-0.39, 0.29) is 0 Å². The molecule has 0 bridgehead atoms. The van der Waals surface area contributed by atoms with E-state index in [1.807, 2.05) is 32.2 Å². The number of benzene rings is 1. The molecule has 2 aromatic rings. The summed E-state index contributed by atoms with van der Waals surface area (Å²) >= 11 is 2.91. The summed E-state index contributed by atoms with van der Waals surface area (Å²) in [6.07, 6.45) is 3.24. The van der Waals surface area contributed by atoms with Crippen molar-refractivity contribution in [2.24, 2.45) is 11.7 Å². The number of thiazole rings is 1. The van der Waals surface area contributed by atoms with Gasteiger partial charge in [0.1, 0.15) is 12.2 Å². The summed E-state index contributed by atoms with van der Waals surface area (Å²) in [6.45, 7) is 4.61. The Hall–Kier alpha value is -2.06. The Bertz CT molecular complexity index is 746. The molecule has 25 heavy (non-hydrogen) atoms. The number of aromatic nitrogens is 1. The molecule has 0 saturated heterocycles. The summed E-state index contributed by atoms with van der Waals surface area (Å²) in [5.74, 6) is -0.215. The van der Waals surface area contributed by atoms with Crippen molar-refractivity contribution in [1.29, 1.82) is 0 Å². The van der Waals surface area contributed by atoms with Gasteiger partial charge in [-0.3, -0.25) is 14.5 Å². The van der Waals surface area contributed by atoms with Crippen molar-refractivity contribution < 1.29 is 14.3 Å². The van der Waals surface area contributed by atoms with Crippen LogP contribution < -0.4 is 15.4 Å². The average molecular weight is 380 g/mol. The van der Waals surface area contributed by atoms with Gasteiger partial charge >= 0.3 is 0 Å². The lowest BCUT2D eigenvalue weighted by Gasteiger charge is -2.22. The number of para-hydroxylation sites is 2. The number of anilines is 2. The summed E-state index contributed by atoms with van der Waals surface area (Å²) in [5.41, 5.74) is 5.77. The average Bonchev–Trinajstić information content (AvgIpc) is 3.02. The van der Waals surface area contributed by atoms with E-state index in [2.05, 4.69) is 4.98 Å².